The summed E-state index contributed by atoms with van der Waals surface area (Å²) in [6.07, 6.45) is 3.31. The van der Waals surface area contributed by atoms with E-state index in [1.165, 1.54) is 6.42 Å². The number of nitrogens with zero attached hydrogens (tertiary/aromatic N) is 1. The molecule has 2 rings (SSSR count). The van der Waals surface area contributed by atoms with E-state index < -0.39 is 0 Å². The van der Waals surface area contributed by atoms with Gasteiger partial charge in [-0.15, -0.1) is 0 Å². The van der Waals surface area contributed by atoms with Gasteiger partial charge in [-0.05, 0) is 56.8 Å². The van der Waals surface area contributed by atoms with Gasteiger partial charge in [-0.1, -0.05) is 41.5 Å². The highest BCUT2D eigenvalue weighted by Gasteiger charge is 2.65. The van der Waals surface area contributed by atoms with Crippen molar-refractivity contribution in [2.45, 2.75) is 93.2 Å². The quantitative estimate of drug-likeness (QED) is 0.738. The van der Waals surface area contributed by atoms with Crippen LogP contribution >= 0.6 is 0 Å². The number of carbonyl (C=O) groups is 1. The second kappa shape index (κ2) is 5.06. The summed E-state index contributed by atoms with van der Waals surface area (Å²) in [5.41, 5.74) is 0.627. The van der Waals surface area contributed by atoms with Gasteiger partial charge in [-0.3, -0.25) is 9.69 Å². The predicted molar refractivity (Wildman–Crippen MR) is 93.9 cm³/mol. The number of carbonyl (C=O) groups excluding carboxylic acids is 1. The second-order valence-electron chi connectivity index (χ2n) is 10.6. The van der Waals surface area contributed by atoms with Crippen LogP contribution in [0.15, 0.2) is 0 Å². The number of ketones is 1. The van der Waals surface area contributed by atoms with Gasteiger partial charge in [0.25, 0.3) is 0 Å². The highest BCUT2D eigenvalue weighted by Crippen LogP contribution is 2.67. The molecular formula is C20H37NO. The zero-order valence-corrected chi connectivity index (χ0v) is 16.3. The number of likely N-dealkylation sites (tertiary alicyclic amines) is 1. The Kier molecular flexibility index (Phi) is 4.14. The Bertz CT molecular complexity index is 451. The highest BCUT2D eigenvalue weighted by atomic mass is 16.1. The maximum Gasteiger partial charge on any atom is 0.155 e. The normalized spacial score (nSPS) is 33.5. The van der Waals surface area contributed by atoms with Crippen LogP contribution in [-0.2, 0) is 4.79 Å². The Balaban J connectivity index is 2.28. The van der Waals surface area contributed by atoms with E-state index >= 15 is 0 Å². The minimum atomic E-state index is -0.203. The Morgan fingerprint density at radius 2 is 1.59 bits per heavy atom. The van der Waals surface area contributed by atoms with Crippen LogP contribution in [0.5, 0.6) is 0 Å². The van der Waals surface area contributed by atoms with Gasteiger partial charge in [-0.2, -0.15) is 0 Å². The largest absolute Gasteiger partial charge is 0.297 e. The molecule has 0 aromatic heterocycles. The Morgan fingerprint density at radius 3 is 1.95 bits per heavy atom. The van der Waals surface area contributed by atoms with Crippen LogP contribution in [-0.4, -0.2) is 28.8 Å². The molecule has 1 unspecified atom stereocenters. The molecule has 2 nitrogen and oxygen atoms in total. The summed E-state index contributed by atoms with van der Waals surface area (Å²) in [4.78, 5) is 15.7. The van der Waals surface area contributed by atoms with Crippen LogP contribution in [0.3, 0.4) is 0 Å². The zero-order chi connectivity index (χ0) is 17.1. The fraction of sp³-hybridized carbons (Fsp3) is 0.950. The molecule has 1 aliphatic heterocycles. The van der Waals surface area contributed by atoms with E-state index in [2.05, 4.69) is 67.2 Å². The van der Waals surface area contributed by atoms with Gasteiger partial charge >= 0.3 is 0 Å². The van der Waals surface area contributed by atoms with Crippen molar-refractivity contribution in [3.8, 4) is 0 Å². The summed E-state index contributed by atoms with van der Waals surface area (Å²) >= 11 is 0. The molecule has 3 atom stereocenters. The van der Waals surface area contributed by atoms with E-state index in [0.717, 1.165) is 25.3 Å². The minimum absolute atomic E-state index is 0.0681. The fourth-order valence-electron chi connectivity index (χ4n) is 4.55. The second-order valence-corrected chi connectivity index (χ2v) is 10.6. The highest BCUT2D eigenvalue weighted by molar-refractivity contribution is 5.89. The summed E-state index contributed by atoms with van der Waals surface area (Å²) in [6, 6.07) is 0.113. The van der Waals surface area contributed by atoms with Crippen LogP contribution in [0.1, 0.15) is 81.6 Å². The maximum atomic E-state index is 13.2. The first-order valence-electron chi connectivity index (χ1n) is 9.06. The van der Waals surface area contributed by atoms with Crippen molar-refractivity contribution in [3.63, 3.8) is 0 Å². The lowest BCUT2D eigenvalue weighted by Crippen LogP contribution is -2.51. The first-order chi connectivity index (χ1) is 9.74. The first-order valence-corrected chi connectivity index (χ1v) is 9.06. The van der Waals surface area contributed by atoms with Crippen LogP contribution in [0.2, 0.25) is 0 Å². The third-order valence-corrected chi connectivity index (χ3v) is 6.41. The van der Waals surface area contributed by atoms with Gasteiger partial charge < -0.3 is 0 Å². The molecule has 2 fully saturated rings. The molecule has 0 radical (unpaired) electrons. The monoisotopic (exact) mass is 307 g/mol. The molecule has 0 aromatic rings. The molecule has 1 saturated carbocycles. The average molecular weight is 308 g/mol. The summed E-state index contributed by atoms with van der Waals surface area (Å²) in [6.45, 7) is 21.4. The molecule has 0 N–H and O–H groups in total. The summed E-state index contributed by atoms with van der Waals surface area (Å²) in [5.74, 6) is 1.23. The molecule has 22 heavy (non-hydrogen) atoms. The molecule has 1 saturated heterocycles. The van der Waals surface area contributed by atoms with Crippen molar-refractivity contribution in [1.29, 1.82) is 0 Å². The van der Waals surface area contributed by atoms with Crippen LogP contribution in [0, 0.1) is 22.2 Å². The van der Waals surface area contributed by atoms with Crippen LogP contribution < -0.4 is 0 Å². The lowest BCUT2D eigenvalue weighted by atomic mass is 9.78. The molecule has 2 heteroatoms. The predicted octanol–water partition coefficient (Wildman–Crippen LogP) is 4.92. The maximum absolute atomic E-state index is 13.2. The van der Waals surface area contributed by atoms with Gasteiger partial charge in [0.05, 0.1) is 6.04 Å². The van der Waals surface area contributed by atoms with Gasteiger partial charge in [-0.25, -0.2) is 0 Å². The number of Topliss-reactive ketones (excluding diaryl/α,β-unsaturated/α-hetero) is 1. The molecule has 128 valence electrons. The third-order valence-electron chi connectivity index (χ3n) is 6.41. The number of rotatable bonds is 3. The lowest BCUT2D eigenvalue weighted by Gasteiger charge is -2.39. The van der Waals surface area contributed by atoms with Crippen molar-refractivity contribution in [2.75, 3.05) is 6.54 Å². The van der Waals surface area contributed by atoms with Crippen molar-refractivity contribution in [1.82, 2.24) is 4.90 Å². The molecule has 1 aliphatic carbocycles. The van der Waals surface area contributed by atoms with E-state index in [-0.39, 0.29) is 17.0 Å². The van der Waals surface area contributed by atoms with Gasteiger partial charge in [0.15, 0.2) is 5.78 Å². The summed E-state index contributed by atoms with van der Waals surface area (Å²) in [7, 11) is 0. The van der Waals surface area contributed by atoms with Crippen LogP contribution in [0.4, 0.5) is 0 Å². The van der Waals surface area contributed by atoms with E-state index in [1.54, 1.807) is 0 Å². The van der Waals surface area contributed by atoms with E-state index in [4.69, 9.17) is 0 Å². The number of hydrogen-bond acceptors (Lipinski definition) is 2. The topological polar surface area (TPSA) is 20.3 Å². The van der Waals surface area contributed by atoms with E-state index in [9.17, 15) is 4.79 Å². The standard InChI is InChI=1S/C20H37NO/c1-10-19(8,9)16(22)14-11-20(12-15(20)17(2,3)4)13-21(14)18(5,6)7/h14-15H,10-13H2,1-9H3/t14-,15?,20-/m0/s1. The van der Waals surface area contributed by atoms with Gasteiger partial charge in [0, 0.05) is 17.5 Å². The number of hydrogen-bond donors (Lipinski definition) is 0. The lowest BCUT2D eigenvalue weighted by molar-refractivity contribution is -0.133. The molecular weight excluding hydrogens is 270 g/mol. The molecule has 2 aliphatic rings. The van der Waals surface area contributed by atoms with Gasteiger partial charge in [0.2, 0.25) is 0 Å². The van der Waals surface area contributed by atoms with Crippen molar-refractivity contribution in [3.05, 3.63) is 0 Å². The summed E-state index contributed by atoms with van der Waals surface area (Å²) in [5, 5.41) is 0. The molecule has 1 spiro atoms. The SMILES string of the molecule is CCC(C)(C)C(=O)[C@@H]1C[C@]2(CC2C(C)(C)C)CN1C(C)(C)C. The Morgan fingerprint density at radius 1 is 1.05 bits per heavy atom. The van der Waals surface area contributed by atoms with Gasteiger partial charge in [0.1, 0.15) is 0 Å². The summed E-state index contributed by atoms with van der Waals surface area (Å²) < 4.78 is 0. The molecule has 0 amide bonds. The first kappa shape index (κ1) is 18.0. The van der Waals surface area contributed by atoms with Crippen LogP contribution in [0.25, 0.3) is 0 Å². The molecule has 0 bridgehead atoms. The van der Waals surface area contributed by atoms with Crippen molar-refractivity contribution in [2.24, 2.45) is 22.2 Å². The zero-order valence-electron chi connectivity index (χ0n) is 16.3. The molecule has 1 heterocycles. The van der Waals surface area contributed by atoms with E-state index in [1.807, 2.05) is 0 Å². The Labute approximate surface area is 138 Å². The van der Waals surface area contributed by atoms with Crippen molar-refractivity contribution < 1.29 is 4.79 Å². The smallest absolute Gasteiger partial charge is 0.155 e. The fourth-order valence-corrected chi connectivity index (χ4v) is 4.55. The third kappa shape index (κ3) is 3.00. The van der Waals surface area contributed by atoms with Crippen molar-refractivity contribution >= 4 is 5.78 Å². The van der Waals surface area contributed by atoms with E-state index in [0.29, 0.717) is 16.6 Å². The minimum Gasteiger partial charge on any atom is -0.297 e. The molecule has 0 aromatic carbocycles. The average Bonchev–Trinajstić information content (AvgIpc) is 2.91. The Hall–Kier alpha value is -0.370.